The van der Waals surface area contributed by atoms with E-state index in [1.807, 2.05) is 6.07 Å². The molecular formula is C20H32N2O3. The zero-order valence-corrected chi connectivity index (χ0v) is 16.1. The highest BCUT2D eigenvalue weighted by Gasteiger charge is 2.28. The summed E-state index contributed by atoms with van der Waals surface area (Å²) in [5.74, 6) is 2.69. The van der Waals surface area contributed by atoms with E-state index in [4.69, 9.17) is 9.47 Å². The molecule has 1 fully saturated rings. The second-order valence-corrected chi connectivity index (χ2v) is 7.26. The predicted octanol–water partition coefficient (Wildman–Crippen LogP) is 3.84. The highest BCUT2D eigenvalue weighted by atomic mass is 16.5. The summed E-state index contributed by atoms with van der Waals surface area (Å²) in [6.45, 7) is 6.72. The molecule has 1 saturated carbocycles. The van der Waals surface area contributed by atoms with Gasteiger partial charge in [-0.25, -0.2) is 0 Å². The van der Waals surface area contributed by atoms with Crippen LogP contribution in [-0.4, -0.2) is 32.2 Å². The molecule has 5 heteroatoms. The van der Waals surface area contributed by atoms with Gasteiger partial charge in [0.05, 0.1) is 19.9 Å². The van der Waals surface area contributed by atoms with Gasteiger partial charge in [0.15, 0.2) is 0 Å². The molecule has 2 N–H and O–H groups in total. The number of hydrogen-bond donors (Lipinski definition) is 2. The third kappa shape index (κ3) is 5.36. The van der Waals surface area contributed by atoms with Crippen molar-refractivity contribution in [3.63, 3.8) is 0 Å². The highest BCUT2D eigenvalue weighted by Crippen LogP contribution is 2.30. The maximum atomic E-state index is 12.4. The van der Waals surface area contributed by atoms with Crippen molar-refractivity contribution in [1.29, 1.82) is 0 Å². The molecule has 1 aliphatic carbocycles. The number of hydrogen-bond acceptors (Lipinski definition) is 4. The normalized spacial score (nSPS) is 24.4. The van der Waals surface area contributed by atoms with Crippen molar-refractivity contribution < 1.29 is 14.3 Å². The van der Waals surface area contributed by atoms with Crippen LogP contribution >= 0.6 is 0 Å². The first kappa shape index (κ1) is 19.6. The number of nitrogens with one attached hydrogen (secondary N) is 2. The molecule has 4 unspecified atom stereocenters. The molecule has 25 heavy (non-hydrogen) atoms. The van der Waals surface area contributed by atoms with Gasteiger partial charge < -0.3 is 20.1 Å². The summed E-state index contributed by atoms with van der Waals surface area (Å²) in [5.41, 5.74) is 0.667. The third-order valence-corrected chi connectivity index (χ3v) is 5.38. The lowest BCUT2D eigenvalue weighted by molar-refractivity contribution is -0.116. The van der Waals surface area contributed by atoms with Crippen molar-refractivity contribution in [1.82, 2.24) is 5.32 Å². The topological polar surface area (TPSA) is 59.6 Å². The predicted molar refractivity (Wildman–Crippen MR) is 101 cm³/mol. The molecule has 0 radical (unpaired) electrons. The molecular weight excluding hydrogens is 316 g/mol. The van der Waals surface area contributed by atoms with Crippen LogP contribution in [0.1, 0.15) is 46.5 Å². The van der Waals surface area contributed by atoms with Gasteiger partial charge in [-0.15, -0.1) is 0 Å². The van der Waals surface area contributed by atoms with Crippen LogP contribution < -0.4 is 20.1 Å². The van der Waals surface area contributed by atoms with Crippen molar-refractivity contribution in [3.05, 3.63) is 18.2 Å². The van der Waals surface area contributed by atoms with E-state index in [-0.39, 0.29) is 11.9 Å². The smallest absolute Gasteiger partial charge is 0.226 e. The minimum atomic E-state index is -0.0139. The quantitative estimate of drug-likeness (QED) is 0.786. The molecule has 140 valence electrons. The number of carbonyl (C=O) groups excluding carboxylic acids is 1. The van der Waals surface area contributed by atoms with E-state index >= 15 is 0 Å². The Morgan fingerprint density at radius 2 is 2.00 bits per heavy atom. The first-order valence-electron chi connectivity index (χ1n) is 9.22. The van der Waals surface area contributed by atoms with E-state index in [1.165, 1.54) is 19.3 Å². The van der Waals surface area contributed by atoms with Crippen molar-refractivity contribution in [2.75, 3.05) is 19.5 Å². The highest BCUT2D eigenvalue weighted by molar-refractivity contribution is 5.92. The first-order chi connectivity index (χ1) is 11.9. The van der Waals surface area contributed by atoms with Crippen LogP contribution in [0.3, 0.4) is 0 Å². The van der Waals surface area contributed by atoms with Gasteiger partial charge in [0.1, 0.15) is 11.5 Å². The third-order valence-electron chi connectivity index (χ3n) is 5.38. The van der Waals surface area contributed by atoms with E-state index in [2.05, 4.69) is 31.4 Å². The van der Waals surface area contributed by atoms with Crippen molar-refractivity contribution in [3.8, 4) is 11.5 Å². The summed E-state index contributed by atoms with van der Waals surface area (Å²) in [5, 5.41) is 6.59. The van der Waals surface area contributed by atoms with Crippen molar-refractivity contribution >= 4 is 11.6 Å². The Labute approximate surface area is 151 Å². The van der Waals surface area contributed by atoms with Gasteiger partial charge in [-0.3, -0.25) is 4.79 Å². The molecule has 0 aliphatic heterocycles. The molecule has 1 amide bonds. The summed E-state index contributed by atoms with van der Waals surface area (Å²) >= 11 is 0. The van der Waals surface area contributed by atoms with Crippen LogP contribution in [0, 0.1) is 11.8 Å². The van der Waals surface area contributed by atoms with Gasteiger partial charge in [0.2, 0.25) is 5.91 Å². The molecule has 0 bridgehead atoms. The van der Waals surface area contributed by atoms with Crippen molar-refractivity contribution in [2.45, 2.75) is 58.5 Å². The van der Waals surface area contributed by atoms with Crippen LogP contribution in [0.25, 0.3) is 0 Å². The Kier molecular flexibility index (Phi) is 7.12. The van der Waals surface area contributed by atoms with E-state index in [0.29, 0.717) is 35.6 Å². The van der Waals surface area contributed by atoms with Crippen LogP contribution in [0.4, 0.5) is 5.69 Å². The number of ether oxygens (including phenoxy) is 2. The zero-order valence-electron chi connectivity index (χ0n) is 16.1. The largest absolute Gasteiger partial charge is 0.497 e. The fourth-order valence-corrected chi connectivity index (χ4v) is 3.62. The van der Waals surface area contributed by atoms with E-state index < -0.39 is 0 Å². The molecule has 0 heterocycles. The standard InChI is InChI=1S/C20H32N2O3/c1-13-7-6-8-17(15(13)3)21-14(2)11-20(23)22-18-10-9-16(24-4)12-19(18)25-5/h9-10,12-15,17,21H,6-8,11H2,1-5H3,(H,22,23). The molecule has 4 atom stereocenters. The monoisotopic (exact) mass is 348 g/mol. The van der Waals surface area contributed by atoms with E-state index in [0.717, 1.165) is 5.92 Å². The molecule has 5 nitrogen and oxygen atoms in total. The summed E-state index contributed by atoms with van der Waals surface area (Å²) in [7, 11) is 3.19. The molecule has 1 aromatic carbocycles. The van der Waals surface area contributed by atoms with Crippen molar-refractivity contribution in [2.24, 2.45) is 11.8 Å². The van der Waals surface area contributed by atoms with Gasteiger partial charge in [-0.05, 0) is 37.3 Å². The molecule has 0 spiro atoms. The zero-order chi connectivity index (χ0) is 18.4. The Morgan fingerprint density at radius 1 is 1.24 bits per heavy atom. The second kappa shape index (κ2) is 9.09. The molecule has 0 saturated heterocycles. The lowest BCUT2D eigenvalue weighted by atomic mass is 9.78. The number of rotatable bonds is 7. The summed E-state index contributed by atoms with van der Waals surface area (Å²) in [6, 6.07) is 6.02. The number of methoxy groups -OCH3 is 2. The van der Waals surface area contributed by atoms with Gasteiger partial charge in [-0.2, -0.15) is 0 Å². The minimum absolute atomic E-state index is 0.0139. The molecule has 1 aromatic rings. The van der Waals surface area contributed by atoms with Crippen LogP contribution in [0.2, 0.25) is 0 Å². The Morgan fingerprint density at radius 3 is 2.68 bits per heavy atom. The fourth-order valence-electron chi connectivity index (χ4n) is 3.62. The van der Waals surface area contributed by atoms with Crippen LogP contribution in [0.5, 0.6) is 11.5 Å². The first-order valence-corrected chi connectivity index (χ1v) is 9.22. The van der Waals surface area contributed by atoms with Crippen LogP contribution in [0.15, 0.2) is 18.2 Å². The van der Waals surface area contributed by atoms with Gasteiger partial charge in [0, 0.05) is 24.6 Å². The summed E-state index contributed by atoms with van der Waals surface area (Å²) < 4.78 is 10.5. The number of benzene rings is 1. The van der Waals surface area contributed by atoms with Gasteiger partial charge >= 0.3 is 0 Å². The Hall–Kier alpha value is -1.75. The lowest BCUT2D eigenvalue weighted by Gasteiger charge is -2.36. The number of amides is 1. The van der Waals surface area contributed by atoms with E-state index in [9.17, 15) is 4.79 Å². The number of carbonyl (C=O) groups is 1. The minimum Gasteiger partial charge on any atom is -0.497 e. The van der Waals surface area contributed by atoms with Crippen LogP contribution in [-0.2, 0) is 4.79 Å². The summed E-state index contributed by atoms with van der Waals surface area (Å²) in [4.78, 5) is 12.4. The second-order valence-electron chi connectivity index (χ2n) is 7.26. The van der Waals surface area contributed by atoms with Gasteiger partial charge in [-0.1, -0.05) is 26.7 Å². The Bertz CT molecular complexity index is 576. The maximum Gasteiger partial charge on any atom is 0.226 e. The average molecular weight is 348 g/mol. The molecule has 0 aromatic heterocycles. The summed E-state index contributed by atoms with van der Waals surface area (Å²) in [6.07, 6.45) is 4.22. The maximum absolute atomic E-state index is 12.4. The average Bonchev–Trinajstić information content (AvgIpc) is 2.59. The van der Waals surface area contributed by atoms with Gasteiger partial charge in [0.25, 0.3) is 0 Å². The fraction of sp³-hybridized carbons (Fsp3) is 0.650. The lowest BCUT2D eigenvalue weighted by Crippen LogP contribution is -2.45. The SMILES string of the molecule is COc1ccc(NC(=O)CC(C)NC2CCCC(C)C2C)c(OC)c1. The van der Waals surface area contributed by atoms with E-state index in [1.54, 1.807) is 26.4 Å². The molecule has 2 rings (SSSR count). The Balaban J connectivity index is 1.89. The number of anilines is 1. The molecule has 1 aliphatic rings.